The number of thiophene rings is 1. The van der Waals surface area contributed by atoms with Gasteiger partial charge in [-0.15, -0.1) is 11.3 Å². The van der Waals surface area contributed by atoms with E-state index >= 15 is 0 Å². The number of hydrogen-bond acceptors (Lipinski definition) is 3. The van der Waals surface area contributed by atoms with Gasteiger partial charge in [-0.25, -0.2) is 4.98 Å². The van der Waals surface area contributed by atoms with Crippen molar-refractivity contribution in [3.05, 3.63) is 27.1 Å². The van der Waals surface area contributed by atoms with E-state index in [2.05, 4.69) is 16.9 Å². The minimum atomic E-state index is -0.0113. The van der Waals surface area contributed by atoms with Gasteiger partial charge in [0.1, 0.15) is 10.7 Å². The summed E-state index contributed by atoms with van der Waals surface area (Å²) in [6.45, 7) is 4.07. The van der Waals surface area contributed by atoms with Crippen LogP contribution in [0.25, 0.3) is 10.2 Å². The summed E-state index contributed by atoms with van der Waals surface area (Å²) >= 11 is 1.61. The van der Waals surface area contributed by atoms with Gasteiger partial charge >= 0.3 is 0 Å². The van der Waals surface area contributed by atoms with Gasteiger partial charge in [0.05, 0.1) is 5.39 Å². The van der Waals surface area contributed by atoms with Gasteiger partial charge in [-0.3, -0.25) is 4.79 Å². The smallest absolute Gasteiger partial charge is 0.259 e. The van der Waals surface area contributed by atoms with Gasteiger partial charge in [-0.05, 0) is 12.5 Å². The first kappa shape index (κ1) is 9.40. The Balaban J connectivity index is 2.73. The molecule has 0 spiro atoms. The molecule has 0 saturated heterocycles. The van der Waals surface area contributed by atoms with Gasteiger partial charge in [0, 0.05) is 11.3 Å². The van der Waals surface area contributed by atoms with Crippen LogP contribution >= 0.6 is 11.3 Å². The second-order valence-electron chi connectivity index (χ2n) is 3.15. The third kappa shape index (κ3) is 1.46. The maximum absolute atomic E-state index is 11.6. The molecule has 0 bridgehead atoms. The van der Waals surface area contributed by atoms with Crippen LogP contribution in [0.2, 0.25) is 0 Å². The topological polar surface area (TPSA) is 45.8 Å². The summed E-state index contributed by atoms with van der Waals surface area (Å²) in [5, 5.41) is 0.726. The van der Waals surface area contributed by atoms with Gasteiger partial charge in [0.2, 0.25) is 0 Å². The van der Waals surface area contributed by atoms with Crippen LogP contribution in [0.4, 0.5) is 0 Å². The SMILES string of the molecule is CCc1nc2sc(CC)cc2c(=O)[nH]1. The molecule has 3 nitrogen and oxygen atoms in total. The predicted molar refractivity (Wildman–Crippen MR) is 59.0 cm³/mol. The summed E-state index contributed by atoms with van der Waals surface area (Å²) in [5.41, 5.74) is -0.0113. The first-order valence-electron chi connectivity index (χ1n) is 4.76. The average molecular weight is 208 g/mol. The van der Waals surface area contributed by atoms with Crippen LogP contribution in [0.15, 0.2) is 10.9 Å². The van der Waals surface area contributed by atoms with Crippen LogP contribution < -0.4 is 5.56 Å². The van der Waals surface area contributed by atoms with Crippen molar-refractivity contribution >= 4 is 21.6 Å². The molecule has 2 aromatic heterocycles. The molecule has 0 unspecified atom stereocenters. The summed E-state index contributed by atoms with van der Waals surface area (Å²) in [6, 6.07) is 1.94. The molecule has 74 valence electrons. The minimum Gasteiger partial charge on any atom is -0.310 e. The third-order valence-corrected chi connectivity index (χ3v) is 3.36. The quantitative estimate of drug-likeness (QED) is 0.821. The monoisotopic (exact) mass is 208 g/mol. The summed E-state index contributed by atoms with van der Waals surface area (Å²) in [4.78, 5) is 20.8. The molecule has 1 N–H and O–H groups in total. The van der Waals surface area contributed by atoms with Crippen molar-refractivity contribution in [1.29, 1.82) is 0 Å². The highest BCUT2D eigenvalue weighted by Crippen LogP contribution is 2.21. The number of rotatable bonds is 2. The highest BCUT2D eigenvalue weighted by Gasteiger charge is 2.06. The van der Waals surface area contributed by atoms with Gasteiger partial charge in [-0.1, -0.05) is 13.8 Å². The second kappa shape index (κ2) is 3.53. The number of H-pyrrole nitrogens is 1. The fraction of sp³-hybridized carbons (Fsp3) is 0.400. The molecule has 0 fully saturated rings. The lowest BCUT2D eigenvalue weighted by Gasteiger charge is -1.94. The zero-order valence-corrected chi connectivity index (χ0v) is 9.07. The maximum atomic E-state index is 11.6. The first-order chi connectivity index (χ1) is 6.74. The molecular formula is C10H12N2OS. The average Bonchev–Trinajstić information content (AvgIpc) is 2.61. The van der Waals surface area contributed by atoms with Crippen LogP contribution in [0, 0.1) is 0 Å². The Morgan fingerprint density at radius 2 is 2.21 bits per heavy atom. The Morgan fingerprint density at radius 3 is 2.86 bits per heavy atom. The van der Waals surface area contributed by atoms with E-state index in [0.717, 1.165) is 28.9 Å². The molecule has 2 rings (SSSR count). The lowest BCUT2D eigenvalue weighted by atomic mass is 10.3. The van der Waals surface area contributed by atoms with E-state index in [1.54, 1.807) is 11.3 Å². The maximum Gasteiger partial charge on any atom is 0.259 e. The number of nitrogens with zero attached hydrogens (tertiary/aromatic N) is 1. The molecule has 0 amide bonds. The zero-order chi connectivity index (χ0) is 10.1. The molecule has 14 heavy (non-hydrogen) atoms. The first-order valence-corrected chi connectivity index (χ1v) is 5.57. The molecule has 4 heteroatoms. The van der Waals surface area contributed by atoms with E-state index in [1.807, 2.05) is 13.0 Å². The van der Waals surface area contributed by atoms with Gasteiger partial charge in [-0.2, -0.15) is 0 Å². The van der Waals surface area contributed by atoms with E-state index < -0.39 is 0 Å². The predicted octanol–water partition coefficient (Wildman–Crippen LogP) is 2.11. The highest BCUT2D eigenvalue weighted by molar-refractivity contribution is 7.18. The highest BCUT2D eigenvalue weighted by atomic mass is 32.1. The summed E-state index contributed by atoms with van der Waals surface area (Å²) in [7, 11) is 0. The van der Waals surface area contributed by atoms with Crippen molar-refractivity contribution in [2.24, 2.45) is 0 Å². The van der Waals surface area contributed by atoms with Crippen LogP contribution in [0.5, 0.6) is 0 Å². The fourth-order valence-electron chi connectivity index (χ4n) is 1.37. The molecule has 0 aliphatic heterocycles. The number of aromatic amines is 1. The molecule has 0 atom stereocenters. The van der Waals surface area contributed by atoms with Gasteiger partial charge < -0.3 is 4.98 Å². The van der Waals surface area contributed by atoms with E-state index in [0.29, 0.717) is 0 Å². The van der Waals surface area contributed by atoms with Gasteiger partial charge in [0.25, 0.3) is 5.56 Å². The molecule has 0 saturated carbocycles. The fourth-order valence-corrected chi connectivity index (χ4v) is 2.35. The lowest BCUT2D eigenvalue weighted by molar-refractivity contribution is 0.948. The molecule has 0 aliphatic carbocycles. The Labute approximate surface area is 85.8 Å². The second-order valence-corrected chi connectivity index (χ2v) is 4.27. The lowest BCUT2D eigenvalue weighted by Crippen LogP contribution is -2.09. The number of fused-ring (bicyclic) bond motifs is 1. The van der Waals surface area contributed by atoms with E-state index in [-0.39, 0.29) is 5.56 Å². The van der Waals surface area contributed by atoms with E-state index in [1.165, 1.54) is 4.88 Å². The van der Waals surface area contributed by atoms with E-state index in [9.17, 15) is 4.79 Å². The van der Waals surface area contributed by atoms with Crippen molar-refractivity contribution in [1.82, 2.24) is 9.97 Å². The molecule has 2 aromatic rings. The minimum absolute atomic E-state index is 0.0113. The van der Waals surface area contributed by atoms with Crippen molar-refractivity contribution < 1.29 is 0 Å². The van der Waals surface area contributed by atoms with Crippen LogP contribution in [-0.2, 0) is 12.8 Å². The number of nitrogens with one attached hydrogen (secondary N) is 1. The molecule has 0 radical (unpaired) electrons. The van der Waals surface area contributed by atoms with E-state index in [4.69, 9.17) is 0 Å². The number of hydrogen-bond donors (Lipinski definition) is 1. The Morgan fingerprint density at radius 1 is 1.43 bits per heavy atom. The van der Waals surface area contributed by atoms with Crippen LogP contribution in [0.1, 0.15) is 24.5 Å². The largest absolute Gasteiger partial charge is 0.310 e. The van der Waals surface area contributed by atoms with Gasteiger partial charge in [0.15, 0.2) is 0 Å². The molecule has 0 aliphatic rings. The Bertz CT molecular complexity index is 512. The zero-order valence-electron chi connectivity index (χ0n) is 8.26. The summed E-state index contributed by atoms with van der Waals surface area (Å²) in [6.07, 6.45) is 1.73. The van der Waals surface area contributed by atoms with Crippen molar-refractivity contribution in [2.75, 3.05) is 0 Å². The standard InChI is InChI=1S/C10H12N2OS/c1-3-6-5-7-9(13)11-8(4-2)12-10(7)14-6/h5H,3-4H2,1-2H3,(H,11,12,13). The third-order valence-electron chi connectivity index (χ3n) is 2.19. The number of aromatic nitrogens is 2. The molecule has 0 aromatic carbocycles. The van der Waals surface area contributed by atoms with Crippen molar-refractivity contribution in [3.63, 3.8) is 0 Å². The number of aryl methyl sites for hydroxylation is 2. The molecule has 2 heterocycles. The summed E-state index contributed by atoms with van der Waals surface area (Å²) in [5.74, 6) is 0.770. The van der Waals surface area contributed by atoms with Crippen LogP contribution in [-0.4, -0.2) is 9.97 Å². The molecular weight excluding hydrogens is 196 g/mol. The Hall–Kier alpha value is -1.16. The van der Waals surface area contributed by atoms with Crippen molar-refractivity contribution in [2.45, 2.75) is 26.7 Å². The normalized spacial score (nSPS) is 11.0. The van der Waals surface area contributed by atoms with Crippen molar-refractivity contribution in [3.8, 4) is 0 Å². The van der Waals surface area contributed by atoms with Crippen LogP contribution in [0.3, 0.4) is 0 Å². The summed E-state index contributed by atoms with van der Waals surface area (Å²) < 4.78 is 0. The Kier molecular flexibility index (Phi) is 2.37.